The van der Waals surface area contributed by atoms with Gasteiger partial charge in [0.2, 0.25) is 0 Å². The lowest BCUT2D eigenvalue weighted by Crippen LogP contribution is -2.15. The minimum atomic E-state index is -0.319. The molecule has 0 spiro atoms. The quantitative estimate of drug-likeness (QED) is 0.473. The summed E-state index contributed by atoms with van der Waals surface area (Å²) in [5.74, 6) is 1.86. The summed E-state index contributed by atoms with van der Waals surface area (Å²) in [7, 11) is 0. The molecule has 3 aromatic rings. The van der Waals surface area contributed by atoms with E-state index < -0.39 is 0 Å². The van der Waals surface area contributed by atoms with Crippen LogP contribution >= 0.6 is 11.8 Å². The van der Waals surface area contributed by atoms with E-state index >= 15 is 0 Å². The Kier molecular flexibility index (Phi) is 5.24. The summed E-state index contributed by atoms with van der Waals surface area (Å²) < 4.78 is 21.7. The van der Waals surface area contributed by atoms with Crippen molar-refractivity contribution >= 4 is 17.7 Å². The number of hydrogen-bond acceptors (Lipinski definition) is 8. The van der Waals surface area contributed by atoms with E-state index in [1.807, 2.05) is 30.3 Å². The second kappa shape index (κ2) is 8.13. The van der Waals surface area contributed by atoms with Gasteiger partial charge in [0.15, 0.2) is 17.3 Å². The lowest BCUT2D eigenvalue weighted by molar-refractivity contribution is -0.141. The van der Waals surface area contributed by atoms with Gasteiger partial charge < -0.3 is 18.7 Å². The molecule has 8 heteroatoms. The molecule has 0 atom stereocenters. The van der Waals surface area contributed by atoms with Crippen LogP contribution in [0.15, 0.2) is 58.2 Å². The first kappa shape index (κ1) is 17.4. The normalized spacial score (nSPS) is 12.6. The van der Waals surface area contributed by atoms with E-state index in [4.69, 9.17) is 18.7 Å². The van der Waals surface area contributed by atoms with Crippen LogP contribution in [0.25, 0.3) is 11.3 Å². The second-order valence-electron chi connectivity index (χ2n) is 5.67. The summed E-state index contributed by atoms with van der Waals surface area (Å²) in [6.45, 7) is 1.12. The predicted molar refractivity (Wildman–Crippen MR) is 97.7 cm³/mol. The van der Waals surface area contributed by atoms with Crippen molar-refractivity contribution in [3.8, 4) is 22.8 Å². The molecule has 138 valence electrons. The molecule has 27 heavy (non-hydrogen) atoms. The van der Waals surface area contributed by atoms with E-state index in [-0.39, 0.29) is 18.3 Å². The van der Waals surface area contributed by atoms with E-state index in [0.717, 1.165) is 10.5 Å². The Hall–Kier alpha value is -3.00. The fraction of sp³-hybridized carbons (Fsp3) is 0.211. The lowest BCUT2D eigenvalue weighted by Gasteiger charge is -2.18. The van der Waals surface area contributed by atoms with Crippen LogP contribution < -0.4 is 9.47 Å². The summed E-state index contributed by atoms with van der Waals surface area (Å²) in [6.07, 6.45) is 3.37. The number of carbonyl (C=O) groups is 1. The summed E-state index contributed by atoms with van der Waals surface area (Å²) in [5, 5.41) is 3.96. The zero-order chi connectivity index (χ0) is 18.5. The van der Waals surface area contributed by atoms with Gasteiger partial charge in [-0.1, -0.05) is 5.16 Å². The first-order chi connectivity index (χ1) is 13.3. The van der Waals surface area contributed by atoms with Gasteiger partial charge >= 0.3 is 5.97 Å². The molecule has 3 heterocycles. The summed E-state index contributed by atoms with van der Waals surface area (Å²) in [4.78, 5) is 16.8. The molecule has 0 unspecified atom stereocenters. The van der Waals surface area contributed by atoms with Crippen LogP contribution in [0.5, 0.6) is 11.5 Å². The van der Waals surface area contributed by atoms with Gasteiger partial charge in [0.1, 0.15) is 25.5 Å². The molecule has 0 saturated heterocycles. The maximum absolute atomic E-state index is 11.9. The van der Waals surface area contributed by atoms with Gasteiger partial charge in [0.25, 0.3) is 0 Å². The Balaban J connectivity index is 1.32. The molecule has 0 saturated carbocycles. The number of hydrogen-bond donors (Lipinski definition) is 0. The molecule has 0 N–H and O–H groups in total. The molecule has 0 bridgehead atoms. The summed E-state index contributed by atoms with van der Waals surface area (Å²) in [6, 6.07) is 11.0. The molecule has 1 aliphatic rings. The van der Waals surface area contributed by atoms with E-state index in [0.29, 0.717) is 36.2 Å². The van der Waals surface area contributed by atoms with Crippen LogP contribution in [0, 0.1) is 0 Å². The highest BCUT2D eigenvalue weighted by atomic mass is 32.2. The van der Waals surface area contributed by atoms with Gasteiger partial charge in [-0.3, -0.25) is 9.78 Å². The Morgan fingerprint density at radius 3 is 2.74 bits per heavy atom. The average Bonchev–Trinajstić information content (AvgIpc) is 3.20. The van der Waals surface area contributed by atoms with Crippen LogP contribution in [0.1, 0.15) is 5.69 Å². The van der Waals surface area contributed by atoms with Gasteiger partial charge in [-0.05, 0) is 30.3 Å². The third kappa shape index (κ3) is 4.40. The number of ether oxygens (including phenoxy) is 3. The van der Waals surface area contributed by atoms with Crippen molar-refractivity contribution in [2.45, 2.75) is 11.5 Å². The Labute approximate surface area is 159 Å². The van der Waals surface area contributed by atoms with Crippen LogP contribution in [-0.2, 0) is 16.1 Å². The molecule has 0 radical (unpaired) electrons. The number of aromatic nitrogens is 2. The van der Waals surface area contributed by atoms with Gasteiger partial charge in [-0.2, -0.15) is 0 Å². The van der Waals surface area contributed by atoms with E-state index in [9.17, 15) is 4.79 Å². The van der Waals surface area contributed by atoms with Crippen molar-refractivity contribution in [1.82, 2.24) is 10.1 Å². The van der Waals surface area contributed by atoms with Crippen molar-refractivity contribution in [2.24, 2.45) is 0 Å². The van der Waals surface area contributed by atoms with E-state index in [2.05, 4.69) is 10.1 Å². The maximum atomic E-state index is 11.9. The highest BCUT2D eigenvalue weighted by Crippen LogP contribution is 2.34. The Morgan fingerprint density at radius 2 is 1.89 bits per heavy atom. The zero-order valence-electron chi connectivity index (χ0n) is 14.3. The van der Waals surface area contributed by atoms with Crippen molar-refractivity contribution in [3.63, 3.8) is 0 Å². The third-order valence-corrected chi connectivity index (χ3v) is 4.76. The van der Waals surface area contributed by atoms with Crippen LogP contribution in [0.3, 0.4) is 0 Å². The third-order valence-electron chi connectivity index (χ3n) is 3.77. The first-order valence-corrected chi connectivity index (χ1v) is 9.30. The number of carbonyl (C=O) groups excluding carboxylic acids is 1. The van der Waals surface area contributed by atoms with E-state index in [1.165, 1.54) is 11.8 Å². The number of benzene rings is 1. The molecule has 7 nitrogen and oxygen atoms in total. The van der Waals surface area contributed by atoms with Crippen molar-refractivity contribution in [2.75, 3.05) is 19.0 Å². The van der Waals surface area contributed by atoms with Gasteiger partial charge in [-0.15, -0.1) is 11.8 Å². The summed E-state index contributed by atoms with van der Waals surface area (Å²) in [5.41, 5.74) is 1.36. The summed E-state index contributed by atoms with van der Waals surface area (Å²) >= 11 is 1.39. The fourth-order valence-electron chi connectivity index (χ4n) is 2.49. The Bertz CT molecular complexity index is 929. The van der Waals surface area contributed by atoms with Crippen LogP contribution in [-0.4, -0.2) is 35.1 Å². The molecular formula is C19H16N2O5S. The number of esters is 1. The molecular weight excluding hydrogens is 368 g/mol. The minimum absolute atomic E-state index is 0.0593. The van der Waals surface area contributed by atoms with Crippen LogP contribution in [0.4, 0.5) is 0 Å². The standard InChI is InChI=1S/C19H16N2O5S/c22-19(12-27-15-3-5-20-6-4-15)25-11-14-10-17(26-21-14)13-1-2-16-18(9-13)24-8-7-23-16/h1-6,9-10H,7-8,11-12H2. The zero-order valence-corrected chi connectivity index (χ0v) is 15.1. The second-order valence-corrected chi connectivity index (χ2v) is 6.72. The molecule has 1 aromatic carbocycles. The smallest absolute Gasteiger partial charge is 0.316 e. The number of thioether (sulfide) groups is 1. The number of pyridine rings is 1. The van der Waals surface area contributed by atoms with E-state index in [1.54, 1.807) is 18.5 Å². The minimum Gasteiger partial charge on any atom is -0.486 e. The first-order valence-electron chi connectivity index (χ1n) is 8.32. The number of fused-ring (bicyclic) bond motifs is 1. The Morgan fingerprint density at radius 1 is 1.07 bits per heavy atom. The van der Waals surface area contributed by atoms with Crippen molar-refractivity contribution in [1.29, 1.82) is 0 Å². The molecule has 4 rings (SSSR count). The highest BCUT2D eigenvalue weighted by molar-refractivity contribution is 8.00. The number of nitrogens with zero attached hydrogens (tertiary/aromatic N) is 2. The van der Waals surface area contributed by atoms with Gasteiger partial charge in [0, 0.05) is 28.9 Å². The molecule has 0 aliphatic carbocycles. The highest BCUT2D eigenvalue weighted by Gasteiger charge is 2.15. The fourth-order valence-corrected chi connectivity index (χ4v) is 3.17. The lowest BCUT2D eigenvalue weighted by atomic mass is 10.1. The largest absolute Gasteiger partial charge is 0.486 e. The molecule has 2 aromatic heterocycles. The van der Waals surface area contributed by atoms with Crippen molar-refractivity contribution < 1.29 is 23.5 Å². The van der Waals surface area contributed by atoms with Crippen LogP contribution in [0.2, 0.25) is 0 Å². The number of rotatable bonds is 6. The molecule has 0 fully saturated rings. The predicted octanol–water partition coefficient (Wildman–Crippen LogP) is 3.34. The SMILES string of the molecule is O=C(CSc1ccncc1)OCc1cc(-c2ccc3c(c2)OCCO3)on1. The monoisotopic (exact) mass is 384 g/mol. The van der Waals surface area contributed by atoms with Gasteiger partial charge in [0.05, 0.1) is 5.75 Å². The van der Waals surface area contributed by atoms with Gasteiger partial charge in [-0.25, -0.2) is 0 Å². The molecule has 1 aliphatic heterocycles. The van der Waals surface area contributed by atoms with Crippen molar-refractivity contribution in [3.05, 3.63) is 54.5 Å². The molecule has 0 amide bonds. The maximum Gasteiger partial charge on any atom is 0.316 e. The topological polar surface area (TPSA) is 83.7 Å². The average molecular weight is 384 g/mol.